The van der Waals surface area contributed by atoms with E-state index in [-0.39, 0.29) is 0 Å². The van der Waals surface area contributed by atoms with Crippen LogP contribution in [0.1, 0.15) is 16.7 Å². The molecule has 0 saturated carbocycles. The predicted molar refractivity (Wildman–Crippen MR) is 106 cm³/mol. The lowest BCUT2D eigenvalue weighted by atomic mass is 9.92. The Kier molecular flexibility index (Phi) is 5.53. The van der Waals surface area contributed by atoms with Gasteiger partial charge >= 0.3 is 0 Å². The van der Waals surface area contributed by atoms with Gasteiger partial charge in [0, 0.05) is 11.1 Å². The maximum Gasteiger partial charge on any atom is 0.170 e. The van der Waals surface area contributed by atoms with Gasteiger partial charge in [-0.25, -0.2) is 0 Å². The molecule has 0 aliphatic rings. The first-order valence-corrected chi connectivity index (χ1v) is 8.39. The van der Waals surface area contributed by atoms with Gasteiger partial charge in [-0.3, -0.25) is 0 Å². The minimum atomic E-state index is -1.43. The molecule has 0 aliphatic heterocycles. The topological polar surface area (TPSA) is 29.5 Å². The highest BCUT2D eigenvalue weighted by atomic mass is 16.5. The molecule has 1 N–H and O–H groups in total. The minimum Gasteiger partial charge on any atom is -0.497 e. The Bertz CT molecular complexity index is 934. The molecule has 3 rings (SSSR count). The van der Waals surface area contributed by atoms with Gasteiger partial charge in [0.05, 0.1) is 7.11 Å². The fourth-order valence-electron chi connectivity index (χ4n) is 2.54. The van der Waals surface area contributed by atoms with Crippen molar-refractivity contribution in [3.8, 4) is 17.6 Å². The summed E-state index contributed by atoms with van der Waals surface area (Å²) >= 11 is 0. The number of methoxy groups -OCH3 is 1. The molecule has 0 amide bonds. The zero-order chi connectivity index (χ0) is 18.2. The lowest BCUT2D eigenvalue weighted by Crippen LogP contribution is -2.20. The van der Waals surface area contributed by atoms with E-state index in [1.165, 1.54) is 0 Å². The number of rotatable bonds is 4. The molecule has 128 valence electrons. The van der Waals surface area contributed by atoms with Crippen molar-refractivity contribution in [3.05, 3.63) is 108 Å². The maximum absolute atomic E-state index is 11.3. The van der Waals surface area contributed by atoms with Crippen LogP contribution in [0.4, 0.5) is 0 Å². The van der Waals surface area contributed by atoms with Gasteiger partial charge in [-0.05, 0) is 35.9 Å². The smallest absolute Gasteiger partial charge is 0.170 e. The summed E-state index contributed by atoms with van der Waals surface area (Å²) in [4.78, 5) is 0. The van der Waals surface area contributed by atoms with Gasteiger partial charge in [0.25, 0.3) is 0 Å². The summed E-state index contributed by atoms with van der Waals surface area (Å²) in [5.41, 5.74) is 1.07. The van der Waals surface area contributed by atoms with E-state index < -0.39 is 5.60 Å². The molecule has 0 radical (unpaired) electrons. The van der Waals surface area contributed by atoms with Gasteiger partial charge in [-0.2, -0.15) is 0 Å². The highest BCUT2D eigenvalue weighted by Crippen LogP contribution is 2.27. The van der Waals surface area contributed by atoms with E-state index >= 15 is 0 Å². The second-order valence-electron chi connectivity index (χ2n) is 5.86. The predicted octanol–water partition coefficient (Wildman–Crippen LogP) is 4.65. The molecule has 3 aromatic carbocycles. The van der Waals surface area contributed by atoms with Gasteiger partial charge in [-0.1, -0.05) is 78.6 Å². The van der Waals surface area contributed by atoms with Crippen LogP contribution in [0.2, 0.25) is 0 Å². The zero-order valence-corrected chi connectivity index (χ0v) is 14.6. The van der Waals surface area contributed by atoms with Crippen LogP contribution in [0.3, 0.4) is 0 Å². The summed E-state index contributed by atoms with van der Waals surface area (Å²) in [6.07, 6.45) is 3.59. The second-order valence-corrected chi connectivity index (χ2v) is 5.86. The Hall–Kier alpha value is -3.28. The van der Waals surface area contributed by atoms with Crippen LogP contribution in [0.25, 0.3) is 6.08 Å². The summed E-state index contributed by atoms with van der Waals surface area (Å²) in [6.45, 7) is 0. The maximum atomic E-state index is 11.3. The molecule has 0 aromatic heterocycles. The average molecular weight is 340 g/mol. The Labute approximate surface area is 154 Å². The van der Waals surface area contributed by atoms with Crippen molar-refractivity contribution in [2.75, 3.05) is 7.11 Å². The van der Waals surface area contributed by atoms with Gasteiger partial charge in [0.15, 0.2) is 5.60 Å². The summed E-state index contributed by atoms with van der Waals surface area (Å²) in [6, 6.07) is 26.8. The molecule has 3 aromatic rings. The fraction of sp³-hybridized carbons (Fsp3) is 0.0833. The van der Waals surface area contributed by atoms with E-state index in [1.807, 2.05) is 84.9 Å². The summed E-state index contributed by atoms with van der Waals surface area (Å²) in [7, 11) is 1.60. The highest BCUT2D eigenvalue weighted by Gasteiger charge is 2.24. The van der Waals surface area contributed by atoms with Crippen LogP contribution >= 0.6 is 0 Å². The van der Waals surface area contributed by atoms with Crippen LogP contribution in [0.5, 0.6) is 5.75 Å². The zero-order valence-electron chi connectivity index (χ0n) is 14.6. The van der Waals surface area contributed by atoms with Crippen molar-refractivity contribution in [3.63, 3.8) is 0 Å². The Balaban J connectivity index is 2.03. The molecule has 0 heterocycles. The monoisotopic (exact) mass is 340 g/mol. The third kappa shape index (κ3) is 4.42. The first kappa shape index (κ1) is 17.5. The molecular formula is C24H20O2. The first-order chi connectivity index (χ1) is 12.7. The van der Waals surface area contributed by atoms with Crippen LogP contribution in [0, 0.1) is 11.8 Å². The standard InChI is InChI=1S/C24H20O2/c1-26-23-14-8-13-22(19-23)24(25,17-15-20-9-4-2-5-10-20)18-16-21-11-6-3-7-12-21/h2-15,17,19,25H,1H3/b17-15+. The van der Waals surface area contributed by atoms with Crippen LogP contribution in [0.15, 0.2) is 91.0 Å². The third-order valence-electron chi connectivity index (χ3n) is 4.00. The highest BCUT2D eigenvalue weighted by molar-refractivity contribution is 5.55. The molecule has 1 unspecified atom stereocenters. The lowest BCUT2D eigenvalue weighted by Gasteiger charge is -2.19. The molecular weight excluding hydrogens is 320 g/mol. The van der Waals surface area contributed by atoms with E-state index in [2.05, 4.69) is 11.8 Å². The molecule has 0 bridgehead atoms. The summed E-state index contributed by atoms with van der Waals surface area (Å²) < 4.78 is 5.29. The molecule has 0 aliphatic carbocycles. The molecule has 2 heteroatoms. The van der Waals surface area contributed by atoms with Crippen LogP contribution in [-0.2, 0) is 5.60 Å². The van der Waals surface area contributed by atoms with Crippen molar-refractivity contribution in [1.82, 2.24) is 0 Å². The van der Waals surface area contributed by atoms with Gasteiger partial charge in [-0.15, -0.1) is 0 Å². The number of benzene rings is 3. The van der Waals surface area contributed by atoms with Gasteiger partial charge in [0.1, 0.15) is 5.75 Å². The Morgan fingerprint density at radius 1 is 0.885 bits per heavy atom. The van der Waals surface area contributed by atoms with E-state index in [4.69, 9.17) is 4.74 Å². The number of hydrogen-bond acceptors (Lipinski definition) is 2. The molecule has 2 nitrogen and oxygen atoms in total. The number of ether oxygens (including phenoxy) is 1. The molecule has 0 fully saturated rings. The Morgan fingerprint density at radius 2 is 1.58 bits per heavy atom. The first-order valence-electron chi connectivity index (χ1n) is 8.39. The van der Waals surface area contributed by atoms with Crippen LogP contribution in [-0.4, -0.2) is 12.2 Å². The summed E-state index contributed by atoms with van der Waals surface area (Å²) in [5.74, 6) is 6.76. The molecule has 0 saturated heterocycles. The SMILES string of the molecule is COc1cccc(C(O)(C#Cc2ccccc2)/C=C/c2ccccc2)c1. The number of aliphatic hydroxyl groups is 1. The Morgan fingerprint density at radius 3 is 2.27 bits per heavy atom. The van der Waals surface area contributed by atoms with E-state index in [1.54, 1.807) is 19.3 Å². The minimum absolute atomic E-state index is 0.660. The van der Waals surface area contributed by atoms with E-state index in [0.717, 1.165) is 11.1 Å². The largest absolute Gasteiger partial charge is 0.497 e. The number of hydrogen-bond donors (Lipinski definition) is 1. The normalized spacial score (nSPS) is 12.8. The summed E-state index contributed by atoms with van der Waals surface area (Å²) in [5, 5.41) is 11.3. The van der Waals surface area contributed by atoms with E-state index in [0.29, 0.717) is 11.3 Å². The van der Waals surface area contributed by atoms with E-state index in [9.17, 15) is 5.11 Å². The molecule has 26 heavy (non-hydrogen) atoms. The van der Waals surface area contributed by atoms with Crippen LogP contribution < -0.4 is 4.74 Å². The van der Waals surface area contributed by atoms with Crippen molar-refractivity contribution in [2.45, 2.75) is 5.60 Å². The second kappa shape index (κ2) is 8.20. The lowest BCUT2D eigenvalue weighted by molar-refractivity contribution is 0.154. The van der Waals surface area contributed by atoms with Crippen molar-refractivity contribution in [2.24, 2.45) is 0 Å². The van der Waals surface area contributed by atoms with Gasteiger partial charge < -0.3 is 9.84 Å². The quantitative estimate of drug-likeness (QED) is 0.701. The van der Waals surface area contributed by atoms with Crippen molar-refractivity contribution in [1.29, 1.82) is 0 Å². The molecule has 1 atom stereocenters. The molecule has 0 spiro atoms. The average Bonchev–Trinajstić information content (AvgIpc) is 2.72. The van der Waals surface area contributed by atoms with Crippen molar-refractivity contribution < 1.29 is 9.84 Å². The van der Waals surface area contributed by atoms with Crippen molar-refractivity contribution >= 4 is 6.08 Å². The third-order valence-corrected chi connectivity index (χ3v) is 4.00. The fourth-order valence-corrected chi connectivity index (χ4v) is 2.54. The van der Waals surface area contributed by atoms with Gasteiger partial charge in [0.2, 0.25) is 0 Å².